The predicted octanol–water partition coefficient (Wildman–Crippen LogP) is 4.18. The van der Waals surface area contributed by atoms with Crippen molar-refractivity contribution in [3.8, 4) is 0 Å². The van der Waals surface area contributed by atoms with Crippen LogP contribution in [0.1, 0.15) is 42.9 Å². The topological polar surface area (TPSA) is 35.6 Å². The lowest BCUT2D eigenvalue weighted by molar-refractivity contribution is 0.168. The molecule has 1 atom stereocenters. The van der Waals surface area contributed by atoms with E-state index in [0.717, 1.165) is 43.1 Å². The minimum Gasteiger partial charge on any atom is -0.335 e. The molecule has 0 bridgehead atoms. The molecule has 1 saturated heterocycles. The molecule has 1 N–H and O–H groups in total. The summed E-state index contributed by atoms with van der Waals surface area (Å²) in [5.41, 5.74) is 1.91. The quantitative estimate of drug-likeness (QED) is 0.843. The molecule has 1 aliphatic carbocycles. The van der Waals surface area contributed by atoms with E-state index in [9.17, 15) is 9.18 Å². The van der Waals surface area contributed by atoms with E-state index in [-0.39, 0.29) is 23.9 Å². The van der Waals surface area contributed by atoms with E-state index in [1.54, 1.807) is 17.0 Å². The summed E-state index contributed by atoms with van der Waals surface area (Å²) < 4.78 is 13.4. The molecule has 1 unspecified atom stereocenters. The first-order chi connectivity index (χ1) is 13.6. The molecule has 28 heavy (non-hydrogen) atoms. The number of piperidine rings is 1. The number of amides is 2. The Balaban J connectivity index is 1.46. The zero-order valence-electron chi connectivity index (χ0n) is 16.4. The van der Waals surface area contributed by atoms with Crippen LogP contribution >= 0.6 is 0 Å². The van der Waals surface area contributed by atoms with Crippen LogP contribution in [0.2, 0.25) is 0 Å². The summed E-state index contributed by atoms with van der Waals surface area (Å²) in [4.78, 5) is 17.3. The molecule has 2 amide bonds. The number of carbonyl (C=O) groups excluding carboxylic acids is 1. The Labute approximate surface area is 166 Å². The molecular formula is C23H28FN3O. The van der Waals surface area contributed by atoms with E-state index in [2.05, 4.69) is 10.2 Å². The Hall–Kier alpha value is -2.40. The van der Waals surface area contributed by atoms with Gasteiger partial charge in [0.15, 0.2) is 0 Å². The fourth-order valence-corrected chi connectivity index (χ4v) is 4.16. The molecule has 0 spiro atoms. The Kier molecular flexibility index (Phi) is 5.62. The third kappa shape index (κ3) is 4.36. The number of hydrogen-bond acceptors (Lipinski definition) is 2. The van der Waals surface area contributed by atoms with E-state index < -0.39 is 0 Å². The molecule has 4 rings (SSSR count). The van der Waals surface area contributed by atoms with Crippen molar-refractivity contribution in [3.05, 3.63) is 71.5 Å². The van der Waals surface area contributed by atoms with Crippen LogP contribution in [-0.4, -0.2) is 48.1 Å². The number of halogens is 1. The van der Waals surface area contributed by atoms with Gasteiger partial charge in [-0.3, -0.25) is 0 Å². The lowest BCUT2D eigenvalue weighted by atomic mass is 9.97. The number of rotatable bonds is 5. The van der Waals surface area contributed by atoms with Crippen molar-refractivity contribution in [1.82, 2.24) is 15.1 Å². The van der Waals surface area contributed by atoms with Crippen LogP contribution in [0.4, 0.5) is 9.18 Å². The summed E-state index contributed by atoms with van der Waals surface area (Å²) in [6.45, 7) is 2.14. The lowest BCUT2D eigenvalue weighted by Gasteiger charge is -2.35. The summed E-state index contributed by atoms with van der Waals surface area (Å²) in [5, 5.41) is 3.22. The van der Waals surface area contributed by atoms with Crippen molar-refractivity contribution < 1.29 is 9.18 Å². The summed E-state index contributed by atoms with van der Waals surface area (Å²) in [6.07, 6.45) is 4.66. The molecule has 0 aromatic heterocycles. The fraction of sp³-hybridized carbons (Fsp3) is 0.435. The van der Waals surface area contributed by atoms with Crippen molar-refractivity contribution in [2.24, 2.45) is 0 Å². The molecule has 2 aromatic carbocycles. The third-order valence-electron chi connectivity index (χ3n) is 5.93. The molecule has 0 radical (unpaired) electrons. The summed E-state index contributed by atoms with van der Waals surface area (Å²) in [5.74, 6) is -0.273. The smallest absolute Gasteiger partial charge is 0.318 e. The van der Waals surface area contributed by atoms with Gasteiger partial charge in [0.1, 0.15) is 5.82 Å². The van der Waals surface area contributed by atoms with E-state index >= 15 is 0 Å². The SMILES string of the molecule is CN(C(=O)NC1CCN(C2CC2)CC1)C(c1ccccc1)c1ccc(F)cc1. The Bertz CT molecular complexity index is 783. The number of carbonyl (C=O) groups is 1. The number of hydrogen-bond donors (Lipinski definition) is 1. The van der Waals surface area contributed by atoms with Gasteiger partial charge in [0, 0.05) is 32.2 Å². The molecule has 2 aliphatic rings. The van der Waals surface area contributed by atoms with Crippen LogP contribution in [0.5, 0.6) is 0 Å². The average Bonchev–Trinajstić information content (AvgIpc) is 3.56. The third-order valence-corrected chi connectivity index (χ3v) is 5.93. The predicted molar refractivity (Wildman–Crippen MR) is 109 cm³/mol. The van der Waals surface area contributed by atoms with Gasteiger partial charge in [-0.1, -0.05) is 42.5 Å². The maximum absolute atomic E-state index is 13.4. The standard InChI is InChI=1S/C23H28FN3O/c1-26(23(28)25-20-13-15-27(16-14-20)21-11-12-21)22(17-5-3-2-4-6-17)18-7-9-19(24)10-8-18/h2-10,20-22H,11-16H2,1H3,(H,25,28). The normalized spacial score (nSPS) is 19.2. The second-order valence-corrected chi connectivity index (χ2v) is 7.97. The van der Waals surface area contributed by atoms with Gasteiger partial charge in [-0.05, 0) is 48.9 Å². The van der Waals surface area contributed by atoms with Crippen molar-refractivity contribution in [3.63, 3.8) is 0 Å². The van der Waals surface area contributed by atoms with E-state index in [1.165, 1.54) is 25.0 Å². The van der Waals surface area contributed by atoms with Crippen molar-refractivity contribution >= 4 is 6.03 Å². The van der Waals surface area contributed by atoms with Crippen LogP contribution < -0.4 is 5.32 Å². The largest absolute Gasteiger partial charge is 0.335 e. The van der Waals surface area contributed by atoms with E-state index in [0.29, 0.717) is 0 Å². The number of urea groups is 1. The number of nitrogens with one attached hydrogen (secondary N) is 1. The first-order valence-corrected chi connectivity index (χ1v) is 10.2. The van der Waals surface area contributed by atoms with Crippen molar-refractivity contribution in [2.75, 3.05) is 20.1 Å². The van der Waals surface area contributed by atoms with Crippen molar-refractivity contribution in [1.29, 1.82) is 0 Å². The summed E-state index contributed by atoms with van der Waals surface area (Å²) in [7, 11) is 1.82. The average molecular weight is 381 g/mol. The molecule has 2 fully saturated rings. The first kappa shape index (κ1) is 18.9. The van der Waals surface area contributed by atoms with Gasteiger partial charge in [0.25, 0.3) is 0 Å². The van der Waals surface area contributed by atoms with E-state index in [1.807, 2.05) is 37.4 Å². The van der Waals surface area contributed by atoms with Gasteiger partial charge in [-0.2, -0.15) is 0 Å². The van der Waals surface area contributed by atoms with Gasteiger partial charge in [-0.15, -0.1) is 0 Å². The van der Waals surface area contributed by atoms with E-state index in [4.69, 9.17) is 0 Å². The van der Waals surface area contributed by atoms with Crippen LogP contribution in [0, 0.1) is 5.82 Å². The highest BCUT2D eigenvalue weighted by atomic mass is 19.1. The Morgan fingerprint density at radius 2 is 1.61 bits per heavy atom. The number of nitrogens with zero attached hydrogens (tertiary/aromatic N) is 2. The highest BCUT2D eigenvalue weighted by Gasteiger charge is 2.33. The first-order valence-electron chi connectivity index (χ1n) is 10.2. The van der Waals surface area contributed by atoms with Crippen molar-refractivity contribution in [2.45, 2.75) is 43.8 Å². The highest BCUT2D eigenvalue weighted by Crippen LogP contribution is 2.30. The molecular weight excluding hydrogens is 353 g/mol. The minimum absolute atomic E-state index is 0.0805. The van der Waals surface area contributed by atoms with Gasteiger partial charge in [0.05, 0.1) is 6.04 Å². The molecule has 1 saturated carbocycles. The van der Waals surface area contributed by atoms with Crippen LogP contribution in [-0.2, 0) is 0 Å². The molecule has 5 heteroatoms. The molecule has 148 valence electrons. The Morgan fingerprint density at radius 1 is 1.00 bits per heavy atom. The molecule has 1 aliphatic heterocycles. The second kappa shape index (κ2) is 8.31. The second-order valence-electron chi connectivity index (χ2n) is 7.97. The van der Waals surface area contributed by atoms with Crippen LogP contribution in [0.15, 0.2) is 54.6 Å². The van der Waals surface area contributed by atoms with Crippen LogP contribution in [0.25, 0.3) is 0 Å². The molecule has 1 heterocycles. The maximum atomic E-state index is 13.4. The van der Waals surface area contributed by atoms with Gasteiger partial charge in [-0.25, -0.2) is 9.18 Å². The Morgan fingerprint density at radius 3 is 2.21 bits per heavy atom. The maximum Gasteiger partial charge on any atom is 0.318 e. The molecule has 2 aromatic rings. The zero-order valence-corrected chi connectivity index (χ0v) is 16.4. The minimum atomic E-state index is -0.273. The highest BCUT2D eigenvalue weighted by molar-refractivity contribution is 5.75. The van der Waals surface area contributed by atoms with Gasteiger partial charge in [0.2, 0.25) is 0 Å². The lowest BCUT2D eigenvalue weighted by Crippen LogP contribution is -2.49. The summed E-state index contributed by atoms with van der Waals surface area (Å²) in [6, 6.07) is 17.0. The van der Waals surface area contributed by atoms with Crippen LogP contribution in [0.3, 0.4) is 0 Å². The molecule has 4 nitrogen and oxygen atoms in total. The number of likely N-dealkylation sites (tertiary alicyclic amines) is 1. The van der Waals surface area contributed by atoms with Gasteiger partial charge < -0.3 is 15.1 Å². The monoisotopic (exact) mass is 381 g/mol. The zero-order chi connectivity index (χ0) is 19.5. The number of benzene rings is 2. The summed E-state index contributed by atoms with van der Waals surface area (Å²) >= 11 is 0. The fourth-order valence-electron chi connectivity index (χ4n) is 4.16. The van der Waals surface area contributed by atoms with Gasteiger partial charge >= 0.3 is 6.03 Å².